The lowest BCUT2D eigenvalue weighted by Crippen LogP contribution is -2.01. The Hall–Kier alpha value is -1.61. The van der Waals surface area contributed by atoms with E-state index in [1.165, 1.54) is 0 Å². The third-order valence-electron chi connectivity index (χ3n) is 2.27. The summed E-state index contributed by atoms with van der Waals surface area (Å²) in [5.41, 5.74) is 1.07. The second-order valence-electron chi connectivity index (χ2n) is 3.62. The third-order valence-corrected chi connectivity index (χ3v) is 2.27. The van der Waals surface area contributed by atoms with Crippen LogP contribution in [-0.4, -0.2) is 19.5 Å². The molecule has 0 saturated carbocycles. The Morgan fingerprint density at radius 3 is 2.59 bits per heavy atom. The largest absolute Gasteiger partial charge is 0.497 e. The Bertz CT molecular complexity index is 366. The first-order valence-corrected chi connectivity index (χ1v) is 5.62. The van der Waals surface area contributed by atoms with Gasteiger partial charge in [-0.1, -0.05) is 18.2 Å². The monoisotopic (exact) mass is 234 g/mol. The normalized spacial score (nSPS) is 10.7. The molecule has 0 heterocycles. The van der Waals surface area contributed by atoms with Gasteiger partial charge in [-0.2, -0.15) is 0 Å². The summed E-state index contributed by atoms with van der Waals surface area (Å²) in [4.78, 5) is 11.2. The zero-order valence-corrected chi connectivity index (χ0v) is 10.3. The van der Waals surface area contributed by atoms with Gasteiger partial charge < -0.3 is 9.47 Å². The molecule has 0 aliphatic heterocycles. The van der Waals surface area contributed by atoms with Crippen molar-refractivity contribution in [1.82, 2.24) is 0 Å². The topological polar surface area (TPSA) is 35.5 Å². The van der Waals surface area contributed by atoms with Crippen molar-refractivity contribution in [1.29, 1.82) is 0 Å². The van der Waals surface area contributed by atoms with Crippen LogP contribution in [-0.2, 0) is 16.1 Å². The number of benzene rings is 1. The Balaban J connectivity index is 2.24. The Labute approximate surface area is 102 Å². The van der Waals surface area contributed by atoms with Crippen molar-refractivity contribution >= 4 is 5.78 Å². The summed E-state index contributed by atoms with van der Waals surface area (Å²) < 4.78 is 10.5. The van der Waals surface area contributed by atoms with Crippen LogP contribution in [0.4, 0.5) is 0 Å². The summed E-state index contributed by atoms with van der Waals surface area (Å²) >= 11 is 0. The number of hydrogen-bond acceptors (Lipinski definition) is 3. The van der Waals surface area contributed by atoms with E-state index in [2.05, 4.69) is 0 Å². The number of allylic oxidation sites excluding steroid dienone is 2. The molecule has 0 saturated heterocycles. The molecule has 0 atom stereocenters. The summed E-state index contributed by atoms with van der Waals surface area (Å²) in [6.45, 7) is 2.80. The van der Waals surface area contributed by atoms with Crippen LogP contribution in [0.3, 0.4) is 0 Å². The minimum absolute atomic E-state index is 0.0993. The SMILES string of the molecule is CC=CC(=O)CCOCc1ccc(OC)cc1. The number of methoxy groups -OCH3 is 1. The summed E-state index contributed by atoms with van der Waals surface area (Å²) in [5, 5.41) is 0. The number of carbonyl (C=O) groups is 1. The van der Waals surface area contributed by atoms with Gasteiger partial charge >= 0.3 is 0 Å². The molecule has 0 N–H and O–H groups in total. The quantitative estimate of drug-likeness (QED) is 0.537. The average Bonchev–Trinajstić information content (AvgIpc) is 2.36. The van der Waals surface area contributed by atoms with Crippen LogP contribution in [0.5, 0.6) is 5.75 Å². The lowest BCUT2D eigenvalue weighted by molar-refractivity contribution is -0.115. The predicted octanol–water partition coefficient (Wildman–Crippen LogP) is 2.75. The van der Waals surface area contributed by atoms with Gasteiger partial charge in [-0.05, 0) is 30.7 Å². The first-order chi connectivity index (χ1) is 8.26. The third kappa shape index (κ3) is 5.31. The van der Waals surface area contributed by atoms with Gasteiger partial charge in [-0.3, -0.25) is 4.79 Å². The van der Waals surface area contributed by atoms with Gasteiger partial charge in [0, 0.05) is 6.42 Å². The van der Waals surface area contributed by atoms with Crippen LogP contribution >= 0.6 is 0 Å². The van der Waals surface area contributed by atoms with E-state index < -0.39 is 0 Å². The molecular formula is C14H18O3. The summed E-state index contributed by atoms with van der Waals surface area (Å²) in [6, 6.07) is 7.69. The summed E-state index contributed by atoms with van der Waals surface area (Å²) in [7, 11) is 1.64. The molecule has 0 unspecified atom stereocenters. The van der Waals surface area contributed by atoms with Crippen LogP contribution in [0, 0.1) is 0 Å². The molecule has 1 rings (SSSR count). The van der Waals surface area contributed by atoms with E-state index >= 15 is 0 Å². The van der Waals surface area contributed by atoms with Crippen molar-refractivity contribution in [3.8, 4) is 5.75 Å². The van der Waals surface area contributed by atoms with E-state index in [0.717, 1.165) is 11.3 Å². The molecule has 0 aliphatic rings. The van der Waals surface area contributed by atoms with Crippen LogP contribution in [0.2, 0.25) is 0 Å². The van der Waals surface area contributed by atoms with Crippen molar-refractivity contribution in [3.63, 3.8) is 0 Å². The molecule has 1 aromatic rings. The fraction of sp³-hybridized carbons (Fsp3) is 0.357. The van der Waals surface area contributed by atoms with Crippen LogP contribution in [0.25, 0.3) is 0 Å². The van der Waals surface area contributed by atoms with Crippen LogP contribution in [0.1, 0.15) is 18.9 Å². The molecular weight excluding hydrogens is 216 g/mol. The van der Waals surface area contributed by atoms with Gasteiger partial charge in [0.25, 0.3) is 0 Å². The van der Waals surface area contributed by atoms with Crippen molar-refractivity contribution in [3.05, 3.63) is 42.0 Å². The molecule has 92 valence electrons. The number of hydrogen-bond donors (Lipinski definition) is 0. The molecule has 0 amide bonds. The minimum atomic E-state index is 0.0993. The fourth-order valence-corrected chi connectivity index (χ4v) is 1.35. The Morgan fingerprint density at radius 2 is 2.00 bits per heavy atom. The van der Waals surface area contributed by atoms with Crippen molar-refractivity contribution < 1.29 is 14.3 Å². The van der Waals surface area contributed by atoms with E-state index in [-0.39, 0.29) is 5.78 Å². The number of carbonyl (C=O) groups excluding carboxylic acids is 1. The van der Waals surface area contributed by atoms with Crippen molar-refractivity contribution in [2.24, 2.45) is 0 Å². The maximum absolute atomic E-state index is 11.2. The van der Waals surface area contributed by atoms with Gasteiger partial charge in [0.05, 0.1) is 20.3 Å². The Kier molecular flexibility index (Phi) is 6.04. The summed E-state index contributed by atoms with van der Waals surface area (Å²) in [5.74, 6) is 0.930. The smallest absolute Gasteiger partial charge is 0.157 e. The van der Waals surface area contributed by atoms with Gasteiger partial charge in [0.15, 0.2) is 5.78 Å². The van der Waals surface area contributed by atoms with Crippen molar-refractivity contribution in [2.45, 2.75) is 20.0 Å². The van der Waals surface area contributed by atoms with E-state index in [1.807, 2.05) is 31.2 Å². The molecule has 3 nitrogen and oxygen atoms in total. The second-order valence-corrected chi connectivity index (χ2v) is 3.62. The first-order valence-electron chi connectivity index (χ1n) is 5.62. The number of ketones is 1. The average molecular weight is 234 g/mol. The van der Waals surface area contributed by atoms with E-state index in [4.69, 9.17) is 9.47 Å². The highest BCUT2D eigenvalue weighted by atomic mass is 16.5. The van der Waals surface area contributed by atoms with E-state index in [9.17, 15) is 4.79 Å². The molecule has 0 radical (unpaired) electrons. The zero-order valence-electron chi connectivity index (χ0n) is 10.3. The molecule has 17 heavy (non-hydrogen) atoms. The van der Waals surface area contributed by atoms with Gasteiger partial charge in [0.2, 0.25) is 0 Å². The van der Waals surface area contributed by atoms with E-state index in [0.29, 0.717) is 19.6 Å². The maximum atomic E-state index is 11.2. The highest BCUT2D eigenvalue weighted by Gasteiger charge is 1.98. The van der Waals surface area contributed by atoms with E-state index in [1.54, 1.807) is 19.3 Å². The summed E-state index contributed by atoms with van der Waals surface area (Å²) in [6.07, 6.45) is 3.74. The van der Waals surface area contributed by atoms with Gasteiger partial charge in [0.1, 0.15) is 5.75 Å². The lowest BCUT2D eigenvalue weighted by Gasteiger charge is -2.04. The Morgan fingerprint density at radius 1 is 1.29 bits per heavy atom. The molecule has 0 fully saturated rings. The molecule has 0 bridgehead atoms. The first kappa shape index (κ1) is 13.5. The van der Waals surface area contributed by atoms with Gasteiger partial charge in [-0.25, -0.2) is 0 Å². The highest BCUT2D eigenvalue weighted by Crippen LogP contribution is 2.11. The van der Waals surface area contributed by atoms with Crippen LogP contribution in [0.15, 0.2) is 36.4 Å². The predicted molar refractivity (Wildman–Crippen MR) is 67.1 cm³/mol. The minimum Gasteiger partial charge on any atom is -0.497 e. The number of rotatable bonds is 7. The molecule has 0 spiro atoms. The standard InChI is InChI=1S/C14H18O3/c1-3-4-13(15)9-10-17-11-12-5-7-14(16-2)8-6-12/h3-8H,9-11H2,1-2H3. The molecule has 0 aromatic heterocycles. The lowest BCUT2D eigenvalue weighted by atomic mass is 10.2. The molecule has 3 heteroatoms. The maximum Gasteiger partial charge on any atom is 0.157 e. The zero-order chi connectivity index (χ0) is 12.5. The molecule has 1 aromatic carbocycles. The fourth-order valence-electron chi connectivity index (χ4n) is 1.35. The number of ether oxygens (including phenoxy) is 2. The van der Waals surface area contributed by atoms with Crippen LogP contribution < -0.4 is 4.74 Å². The van der Waals surface area contributed by atoms with Gasteiger partial charge in [-0.15, -0.1) is 0 Å². The molecule has 0 aliphatic carbocycles. The highest BCUT2D eigenvalue weighted by molar-refractivity contribution is 5.89. The van der Waals surface area contributed by atoms with Crippen molar-refractivity contribution in [2.75, 3.05) is 13.7 Å². The second kappa shape index (κ2) is 7.63.